The van der Waals surface area contributed by atoms with Gasteiger partial charge in [-0.15, -0.1) is 11.3 Å². The molecule has 4 heterocycles. The molecule has 5 rings (SSSR count). The van der Waals surface area contributed by atoms with Gasteiger partial charge in [0.25, 0.3) is 5.92 Å². The van der Waals surface area contributed by atoms with E-state index in [9.17, 15) is 23.5 Å². The average molecular weight is 658 g/mol. The number of esters is 1. The molecule has 0 radical (unpaired) electrons. The number of nitrogens with one attached hydrogen (secondary N) is 1. The summed E-state index contributed by atoms with van der Waals surface area (Å²) in [5.41, 5.74) is -0.931. The molecule has 2 aromatic rings. The average Bonchev–Trinajstić information content (AvgIpc) is 3.70. The topological polar surface area (TPSA) is 107 Å². The molecule has 3 aliphatic rings. The molecule has 9 nitrogen and oxygen atoms in total. The van der Waals surface area contributed by atoms with Crippen LogP contribution in [0.2, 0.25) is 5.02 Å². The summed E-state index contributed by atoms with van der Waals surface area (Å²) >= 11 is 7.47. The Kier molecular flexibility index (Phi) is 9.09. The highest BCUT2D eigenvalue weighted by molar-refractivity contribution is 7.11. The van der Waals surface area contributed by atoms with Gasteiger partial charge in [-0.3, -0.25) is 19.6 Å². The van der Waals surface area contributed by atoms with Crippen molar-refractivity contribution in [2.45, 2.75) is 57.7 Å². The number of aromatic nitrogens is 1. The van der Waals surface area contributed by atoms with Gasteiger partial charge in [0.2, 0.25) is 0 Å². The number of ether oxygens (including phenoxy) is 1. The van der Waals surface area contributed by atoms with E-state index >= 15 is 8.78 Å². The zero-order valence-electron chi connectivity index (χ0n) is 24.3. The Hall–Kier alpha value is -3.07. The van der Waals surface area contributed by atoms with Crippen LogP contribution in [0.15, 0.2) is 40.0 Å². The zero-order valence-corrected chi connectivity index (χ0v) is 25.8. The van der Waals surface area contributed by atoms with Crippen LogP contribution in [-0.4, -0.2) is 88.5 Å². The third-order valence-corrected chi connectivity index (χ3v) is 9.53. The highest BCUT2D eigenvalue weighted by atomic mass is 35.5. The second kappa shape index (κ2) is 12.4. The molecule has 2 N–H and O–H groups in total. The van der Waals surface area contributed by atoms with Crippen LogP contribution in [0.1, 0.15) is 50.2 Å². The lowest BCUT2D eigenvalue weighted by Gasteiger charge is -2.31. The number of amidine groups is 1. The Bertz CT molecular complexity index is 1500. The fraction of sp³-hybridized carbons (Fsp3) is 0.517. The number of aliphatic imine (C=N–C) groups is 1. The molecule has 15 heteroatoms. The molecule has 0 spiro atoms. The Morgan fingerprint density at radius 3 is 2.68 bits per heavy atom. The number of hydrogen-bond acceptors (Lipinski definition) is 9. The van der Waals surface area contributed by atoms with Crippen LogP contribution in [0.5, 0.6) is 0 Å². The van der Waals surface area contributed by atoms with Crippen LogP contribution < -0.4 is 5.32 Å². The summed E-state index contributed by atoms with van der Waals surface area (Å²) in [6.07, 6.45) is 2.14. The van der Waals surface area contributed by atoms with Crippen LogP contribution in [-0.2, 0) is 14.3 Å². The summed E-state index contributed by atoms with van der Waals surface area (Å²) in [7, 11) is 0. The second-order valence-corrected chi connectivity index (χ2v) is 12.9. The molecule has 2 saturated heterocycles. The van der Waals surface area contributed by atoms with E-state index in [0.717, 1.165) is 6.07 Å². The minimum Gasteiger partial charge on any atom is -0.481 e. The molecule has 0 bridgehead atoms. The molecule has 3 atom stereocenters. The number of thiazole rings is 1. The molecule has 44 heavy (non-hydrogen) atoms. The Labute approximate surface area is 260 Å². The second-order valence-electron chi connectivity index (χ2n) is 11.7. The minimum atomic E-state index is -3.12. The van der Waals surface area contributed by atoms with Crippen molar-refractivity contribution in [3.63, 3.8) is 0 Å². The highest BCUT2D eigenvalue weighted by Crippen LogP contribution is 2.44. The number of halogens is 5. The summed E-state index contributed by atoms with van der Waals surface area (Å²) in [4.78, 5) is 37.1. The van der Waals surface area contributed by atoms with Gasteiger partial charge in [0.1, 0.15) is 6.04 Å². The van der Waals surface area contributed by atoms with Gasteiger partial charge >= 0.3 is 11.9 Å². The molecule has 1 aromatic heterocycles. The zero-order chi connectivity index (χ0) is 32.0. The highest BCUT2D eigenvalue weighted by Gasteiger charge is 2.59. The Balaban J connectivity index is 1.52. The summed E-state index contributed by atoms with van der Waals surface area (Å²) in [6.45, 7) is 4.52. The number of carbonyl (C=O) groups is 2. The van der Waals surface area contributed by atoms with Gasteiger partial charge in [0, 0.05) is 42.0 Å². The summed E-state index contributed by atoms with van der Waals surface area (Å²) in [5, 5.41) is 14.1. The van der Waals surface area contributed by atoms with Crippen molar-refractivity contribution in [2.75, 3.05) is 32.8 Å². The molecular formula is C29H32ClF4N5O4S. The van der Waals surface area contributed by atoms with Crippen molar-refractivity contribution in [2.24, 2.45) is 10.4 Å². The molecule has 0 aliphatic carbocycles. The van der Waals surface area contributed by atoms with Crippen molar-refractivity contribution in [1.29, 1.82) is 0 Å². The summed E-state index contributed by atoms with van der Waals surface area (Å²) < 4.78 is 65.2. The first kappa shape index (κ1) is 32.3. The van der Waals surface area contributed by atoms with Crippen LogP contribution >= 0.6 is 22.9 Å². The first-order valence-electron chi connectivity index (χ1n) is 14.1. The van der Waals surface area contributed by atoms with Crippen molar-refractivity contribution < 1.29 is 37.0 Å². The van der Waals surface area contributed by atoms with E-state index in [1.54, 1.807) is 42.1 Å². The number of nitrogens with zero attached hydrogens (tertiary/aromatic N) is 4. The van der Waals surface area contributed by atoms with E-state index < -0.39 is 64.6 Å². The number of aliphatic carboxylic acids is 1. The molecule has 0 unspecified atom stereocenters. The number of hydrogen-bond donors (Lipinski definition) is 2. The molecule has 2 fully saturated rings. The normalized spacial score (nSPS) is 23.8. The molecule has 1 aromatic carbocycles. The maximum absolute atomic E-state index is 15.6. The maximum atomic E-state index is 15.6. The lowest BCUT2D eigenvalue weighted by molar-refractivity contribution is -0.147. The van der Waals surface area contributed by atoms with E-state index in [2.05, 4.69) is 15.3 Å². The fourth-order valence-electron chi connectivity index (χ4n) is 6.00. The SMILES string of the molecule is CCOC(=O)C1=C(CN2CC(F)(F)[C@H]3[C@@H]2CCN3CCC(C)(C)C(=O)O)NC(c2nccs2)=N[C@H]1c1ccc(F)c(F)c1Cl. The van der Waals surface area contributed by atoms with E-state index in [1.165, 1.54) is 17.4 Å². The van der Waals surface area contributed by atoms with Gasteiger partial charge in [-0.05, 0) is 46.2 Å². The van der Waals surface area contributed by atoms with Crippen LogP contribution in [0, 0.1) is 17.0 Å². The molecule has 0 amide bonds. The fourth-order valence-corrected chi connectivity index (χ4v) is 6.85. The van der Waals surface area contributed by atoms with Gasteiger partial charge in [-0.1, -0.05) is 17.7 Å². The van der Waals surface area contributed by atoms with Crippen LogP contribution in [0.25, 0.3) is 0 Å². The minimum absolute atomic E-state index is 0.000564. The number of carbonyl (C=O) groups excluding carboxylic acids is 1. The standard InChI is InChI=1S/C29H32ClF4N5O4S/c1-4-43-26(40)19-17(13-39-14-29(33,34)23-18(39)7-10-38(23)11-8-28(2,3)27(41)42)36-24(25-35-9-12-44-25)37-22(19)15-5-6-16(31)21(32)20(15)30/h5-6,9,12,18,22-23H,4,7-8,10-11,13-14H2,1-3H3,(H,36,37)(H,41,42)/t18-,22-,23+/m0/s1. The van der Waals surface area contributed by atoms with Gasteiger partial charge in [-0.2, -0.15) is 0 Å². The van der Waals surface area contributed by atoms with E-state index in [0.29, 0.717) is 18.0 Å². The monoisotopic (exact) mass is 657 g/mol. The molecular weight excluding hydrogens is 626 g/mol. The first-order valence-corrected chi connectivity index (χ1v) is 15.4. The van der Waals surface area contributed by atoms with Crippen molar-refractivity contribution in [3.05, 3.63) is 62.2 Å². The van der Waals surface area contributed by atoms with Gasteiger partial charge < -0.3 is 15.2 Å². The number of rotatable bonds is 10. The lowest BCUT2D eigenvalue weighted by atomic mass is 9.89. The van der Waals surface area contributed by atoms with Crippen molar-refractivity contribution in [3.8, 4) is 0 Å². The maximum Gasteiger partial charge on any atom is 0.338 e. The Morgan fingerprint density at radius 2 is 2.02 bits per heavy atom. The number of likely N-dealkylation sites (tertiary alicyclic amines) is 2. The molecule has 0 saturated carbocycles. The van der Waals surface area contributed by atoms with Gasteiger partial charge in [0.05, 0.1) is 35.2 Å². The number of benzene rings is 1. The quantitative estimate of drug-likeness (QED) is 0.212. The third kappa shape index (κ3) is 6.09. The van der Waals surface area contributed by atoms with E-state index in [-0.39, 0.29) is 48.8 Å². The van der Waals surface area contributed by atoms with Gasteiger partial charge in [0.15, 0.2) is 22.5 Å². The predicted molar refractivity (Wildman–Crippen MR) is 156 cm³/mol. The van der Waals surface area contributed by atoms with E-state index in [1.807, 2.05) is 0 Å². The van der Waals surface area contributed by atoms with Crippen molar-refractivity contribution in [1.82, 2.24) is 20.1 Å². The first-order chi connectivity index (χ1) is 20.7. The lowest BCUT2D eigenvalue weighted by Crippen LogP contribution is -2.46. The molecule has 238 valence electrons. The third-order valence-electron chi connectivity index (χ3n) is 8.37. The smallest absolute Gasteiger partial charge is 0.338 e. The number of fused-ring (bicyclic) bond motifs is 1. The number of carboxylic acids is 1. The van der Waals surface area contributed by atoms with Crippen molar-refractivity contribution >= 4 is 40.7 Å². The summed E-state index contributed by atoms with van der Waals surface area (Å²) in [5.74, 6) is -7.21. The Morgan fingerprint density at radius 1 is 1.27 bits per heavy atom. The van der Waals surface area contributed by atoms with Gasteiger partial charge in [-0.25, -0.2) is 27.3 Å². The largest absolute Gasteiger partial charge is 0.481 e. The molecule has 3 aliphatic heterocycles. The van der Waals surface area contributed by atoms with Crippen LogP contribution in [0.4, 0.5) is 17.6 Å². The van der Waals surface area contributed by atoms with E-state index in [4.69, 9.17) is 16.3 Å². The van der Waals surface area contributed by atoms with Crippen LogP contribution in [0.3, 0.4) is 0 Å². The summed E-state index contributed by atoms with van der Waals surface area (Å²) in [6, 6.07) is -0.883. The predicted octanol–water partition coefficient (Wildman–Crippen LogP) is 4.88. The number of carboxylic acid groups (broad SMARTS) is 1. The number of alkyl halides is 2.